The summed E-state index contributed by atoms with van der Waals surface area (Å²) < 4.78 is 5.32. The SMILES string of the molecule is COc1cc(N2CCCNC(C3CC3)C2)ccc1Cl. The third-order valence-corrected chi connectivity index (χ3v) is 4.43. The Hall–Kier alpha value is -0.930. The van der Waals surface area contributed by atoms with Gasteiger partial charge in [0.2, 0.25) is 0 Å². The molecule has 1 saturated carbocycles. The molecule has 1 aliphatic heterocycles. The lowest BCUT2D eigenvalue weighted by molar-refractivity contribution is 0.415. The van der Waals surface area contributed by atoms with E-state index in [4.69, 9.17) is 16.3 Å². The van der Waals surface area contributed by atoms with Crippen LogP contribution in [0.4, 0.5) is 5.69 Å². The van der Waals surface area contributed by atoms with Crippen LogP contribution in [0.25, 0.3) is 0 Å². The normalized spacial score (nSPS) is 24.1. The Bertz CT molecular complexity index is 448. The highest BCUT2D eigenvalue weighted by molar-refractivity contribution is 6.32. The average molecular weight is 281 g/mol. The Kier molecular flexibility index (Phi) is 3.85. The minimum atomic E-state index is 0.643. The number of nitrogens with zero attached hydrogens (tertiary/aromatic N) is 1. The molecule has 1 aliphatic carbocycles. The summed E-state index contributed by atoms with van der Waals surface area (Å²) in [5.41, 5.74) is 1.22. The Morgan fingerprint density at radius 2 is 2.21 bits per heavy atom. The van der Waals surface area contributed by atoms with Crippen LogP contribution in [-0.4, -0.2) is 32.8 Å². The van der Waals surface area contributed by atoms with Crippen LogP contribution in [-0.2, 0) is 0 Å². The zero-order valence-electron chi connectivity index (χ0n) is 11.4. The van der Waals surface area contributed by atoms with Crippen LogP contribution in [0.1, 0.15) is 19.3 Å². The van der Waals surface area contributed by atoms with E-state index < -0.39 is 0 Å². The second-order valence-electron chi connectivity index (χ2n) is 5.52. The minimum Gasteiger partial charge on any atom is -0.495 e. The summed E-state index contributed by atoms with van der Waals surface area (Å²) in [5.74, 6) is 1.65. The number of anilines is 1. The molecule has 1 unspecified atom stereocenters. The number of benzene rings is 1. The molecule has 1 aromatic rings. The third kappa shape index (κ3) is 2.98. The predicted octanol–water partition coefficient (Wildman–Crippen LogP) is 2.93. The molecule has 1 saturated heterocycles. The van der Waals surface area contributed by atoms with E-state index in [0.717, 1.165) is 31.3 Å². The van der Waals surface area contributed by atoms with E-state index in [9.17, 15) is 0 Å². The fraction of sp³-hybridized carbons (Fsp3) is 0.600. The van der Waals surface area contributed by atoms with E-state index in [-0.39, 0.29) is 0 Å². The molecular formula is C15H21ClN2O. The molecule has 0 amide bonds. The molecule has 19 heavy (non-hydrogen) atoms. The fourth-order valence-electron chi connectivity index (χ4n) is 2.84. The Balaban J connectivity index is 1.78. The van der Waals surface area contributed by atoms with Crippen LogP contribution >= 0.6 is 11.6 Å². The average Bonchev–Trinajstić information content (AvgIpc) is 3.25. The fourth-order valence-corrected chi connectivity index (χ4v) is 3.04. The first kappa shape index (κ1) is 13.1. The number of hydrogen-bond acceptors (Lipinski definition) is 3. The summed E-state index contributed by atoms with van der Waals surface area (Å²) in [6.07, 6.45) is 3.96. The van der Waals surface area contributed by atoms with E-state index in [1.54, 1.807) is 7.11 Å². The van der Waals surface area contributed by atoms with E-state index in [2.05, 4.69) is 22.3 Å². The molecular weight excluding hydrogens is 260 g/mol. The van der Waals surface area contributed by atoms with Gasteiger partial charge in [0, 0.05) is 30.9 Å². The lowest BCUT2D eigenvalue weighted by atomic mass is 10.1. The lowest BCUT2D eigenvalue weighted by Gasteiger charge is -2.27. The molecule has 4 heteroatoms. The molecule has 104 valence electrons. The quantitative estimate of drug-likeness (QED) is 0.921. The molecule has 0 spiro atoms. The molecule has 0 radical (unpaired) electrons. The first-order chi connectivity index (χ1) is 9.28. The molecule has 0 bridgehead atoms. The standard InChI is InChI=1S/C15H21ClN2O/c1-19-15-9-12(5-6-13(15)16)18-8-2-7-17-14(10-18)11-3-4-11/h5-6,9,11,14,17H,2-4,7-8,10H2,1H3. The maximum atomic E-state index is 6.10. The van der Waals surface area contributed by atoms with Gasteiger partial charge < -0.3 is 15.0 Å². The van der Waals surface area contributed by atoms with Crippen LogP contribution in [0.5, 0.6) is 5.75 Å². The van der Waals surface area contributed by atoms with E-state index in [1.807, 2.05) is 6.07 Å². The van der Waals surface area contributed by atoms with E-state index >= 15 is 0 Å². The minimum absolute atomic E-state index is 0.643. The maximum Gasteiger partial charge on any atom is 0.139 e. The monoisotopic (exact) mass is 280 g/mol. The molecule has 2 fully saturated rings. The smallest absolute Gasteiger partial charge is 0.139 e. The van der Waals surface area contributed by atoms with Gasteiger partial charge in [-0.15, -0.1) is 0 Å². The highest BCUT2D eigenvalue weighted by atomic mass is 35.5. The second-order valence-corrected chi connectivity index (χ2v) is 5.92. The summed E-state index contributed by atoms with van der Waals surface area (Å²) in [5, 5.41) is 4.36. The van der Waals surface area contributed by atoms with Crippen molar-refractivity contribution in [2.45, 2.75) is 25.3 Å². The van der Waals surface area contributed by atoms with Crippen molar-refractivity contribution in [3.63, 3.8) is 0 Å². The van der Waals surface area contributed by atoms with Crippen molar-refractivity contribution < 1.29 is 4.74 Å². The van der Waals surface area contributed by atoms with Gasteiger partial charge in [-0.25, -0.2) is 0 Å². The molecule has 1 aromatic carbocycles. The number of ether oxygens (including phenoxy) is 1. The van der Waals surface area contributed by atoms with Gasteiger partial charge in [0.05, 0.1) is 12.1 Å². The zero-order valence-corrected chi connectivity index (χ0v) is 12.1. The molecule has 1 atom stereocenters. The highest BCUT2D eigenvalue weighted by Gasteiger charge is 2.33. The summed E-state index contributed by atoms with van der Waals surface area (Å²) in [6, 6.07) is 6.72. The van der Waals surface area contributed by atoms with Gasteiger partial charge in [-0.1, -0.05) is 11.6 Å². The van der Waals surface area contributed by atoms with Crippen molar-refractivity contribution in [2.75, 3.05) is 31.6 Å². The summed E-state index contributed by atoms with van der Waals surface area (Å²) in [7, 11) is 1.67. The molecule has 3 rings (SSSR count). The Morgan fingerprint density at radius 1 is 1.37 bits per heavy atom. The molecule has 2 aliphatic rings. The van der Waals surface area contributed by atoms with Crippen LogP contribution < -0.4 is 15.0 Å². The first-order valence-corrected chi connectivity index (χ1v) is 7.47. The maximum absolute atomic E-state index is 6.10. The summed E-state index contributed by atoms with van der Waals surface area (Å²) >= 11 is 6.10. The molecule has 3 nitrogen and oxygen atoms in total. The number of nitrogens with one attached hydrogen (secondary N) is 1. The molecule has 0 aromatic heterocycles. The van der Waals surface area contributed by atoms with Gasteiger partial charge >= 0.3 is 0 Å². The predicted molar refractivity (Wildman–Crippen MR) is 79.3 cm³/mol. The van der Waals surface area contributed by atoms with Crippen LogP contribution in [0, 0.1) is 5.92 Å². The van der Waals surface area contributed by atoms with Crippen LogP contribution in [0.3, 0.4) is 0 Å². The van der Waals surface area contributed by atoms with Crippen LogP contribution in [0.2, 0.25) is 5.02 Å². The molecule has 1 N–H and O–H groups in total. The topological polar surface area (TPSA) is 24.5 Å². The second kappa shape index (κ2) is 5.59. The largest absolute Gasteiger partial charge is 0.495 e. The van der Waals surface area contributed by atoms with Gasteiger partial charge in [-0.3, -0.25) is 0 Å². The van der Waals surface area contributed by atoms with Crippen molar-refractivity contribution in [3.05, 3.63) is 23.2 Å². The zero-order chi connectivity index (χ0) is 13.2. The summed E-state index contributed by atoms with van der Waals surface area (Å²) in [4.78, 5) is 2.46. The highest BCUT2D eigenvalue weighted by Crippen LogP contribution is 2.35. The van der Waals surface area contributed by atoms with Crippen LogP contribution in [0.15, 0.2) is 18.2 Å². The van der Waals surface area contributed by atoms with Gasteiger partial charge in [0.15, 0.2) is 0 Å². The Morgan fingerprint density at radius 3 is 2.95 bits per heavy atom. The van der Waals surface area contributed by atoms with Crippen molar-refractivity contribution in [3.8, 4) is 5.75 Å². The van der Waals surface area contributed by atoms with E-state index in [1.165, 1.54) is 24.9 Å². The third-order valence-electron chi connectivity index (χ3n) is 4.12. The van der Waals surface area contributed by atoms with Crippen molar-refractivity contribution in [1.29, 1.82) is 0 Å². The van der Waals surface area contributed by atoms with Crippen molar-refractivity contribution in [2.24, 2.45) is 5.92 Å². The number of hydrogen-bond donors (Lipinski definition) is 1. The molecule has 1 heterocycles. The Labute approximate surface area is 119 Å². The van der Waals surface area contributed by atoms with E-state index in [0.29, 0.717) is 11.1 Å². The number of methoxy groups -OCH3 is 1. The van der Waals surface area contributed by atoms with Gasteiger partial charge in [0.1, 0.15) is 5.75 Å². The number of rotatable bonds is 3. The van der Waals surface area contributed by atoms with Gasteiger partial charge in [-0.05, 0) is 43.9 Å². The lowest BCUT2D eigenvalue weighted by Crippen LogP contribution is -2.39. The van der Waals surface area contributed by atoms with Gasteiger partial charge in [0.25, 0.3) is 0 Å². The number of halogens is 1. The van der Waals surface area contributed by atoms with Gasteiger partial charge in [-0.2, -0.15) is 0 Å². The van der Waals surface area contributed by atoms with Crippen molar-refractivity contribution >= 4 is 17.3 Å². The first-order valence-electron chi connectivity index (χ1n) is 7.10. The van der Waals surface area contributed by atoms with Crippen molar-refractivity contribution in [1.82, 2.24) is 5.32 Å². The summed E-state index contributed by atoms with van der Waals surface area (Å²) in [6.45, 7) is 3.32.